The third kappa shape index (κ3) is 1.82. The van der Waals surface area contributed by atoms with Gasteiger partial charge in [-0.05, 0) is 26.8 Å². The van der Waals surface area contributed by atoms with Gasteiger partial charge in [0.25, 0.3) is 5.78 Å². The zero-order chi connectivity index (χ0) is 12.5. The zero-order valence-electron chi connectivity index (χ0n) is 10.8. The SMILES string of the molecule is CNCC1CCCN1c1cc(C)nc2ncnn12. The van der Waals surface area contributed by atoms with Crippen molar-refractivity contribution in [2.24, 2.45) is 0 Å². The fourth-order valence-corrected chi connectivity index (χ4v) is 2.70. The molecular weight excluding hydrogens is 228 g/mol. The molecule has 0 aromatic carbocycles. The van der Waals surface area contributed by atoms with Gasteiger partial charge in [-0.3, -0.25) is 0 Å². The summed E-state index contributed by atoms with van der Waals surface area (Å²) in [5, 5.41) is 7.54. The molecule has 1 saturated heterocycles. The molecule has 0 saturated carbocycles. The summed E-state index contributed by atoms with van der Waals surface area (Å²) in [4.78, 5) is 11.0. The standard InChI is InChI=1S/C12H18N6/c1-9-6-11(18-12(16-9)14-8-15-18)17-5-3-4-10(17)7-13-2/h6,8,10,13H,3-5,7H2,1-2H3. The molecule has 0 bridgehead atoms. The Morgan fingerprint density at radius 3 is 3.22 bits per heavy atom. The predicted octanol–water partition coefficient (Wildman–Crippen LogP) is 0.621. The number of nitrogens with zero attached hydrogens (tertiary/aromatic N) is 5. The van der Waals surface area contributed by atoms with Gasteiger partial charge in [0.1, 0.15) is 12.1 Å². The maximum absolute atomic E-state index is 4.39. The number of rotatable bonds is 3. The van der Waals surface area contributed by atoms with Crippen LogP contribution in [0.2, 0.25) is 0 Å². The fourth-order valence-electron chi connectivity index (χ4n) is 2.70. The molecule has 6 heteroatoms. The van der Waals surface area contributed by atoms with E-state index in [1.807, 2.05) is 18.5 Å². The van der Waals surface area contributed by atoms with E-state index >= 15 is 0 Å². The highest BCUT2D eigenvalue weighted by molar-refractivity contribution is 5.48. The largest absolute Gasteiger partial charge is 0.352 e. The molecule has 1 N–H and O–H groups in total. The molecule has 6 nitrogen and oxygen atoms in total. The highest BCUT2D eigenvalue weighted by atomic mass is 15.4. The van der Waals surface area contributed by atoms with Gasteiger partial charge in [-0.15, -0.1) is 0 Å². The van der Waals surface area contributed by atoms with E-state index in [9.17, 15) is 0 Å². The number of nitrogens with one attached hydrogen (secondary N) is 1. The number of hydrogen-bond acceptors (Lipinski definition) is 5. The first-order chi connectivity index (χ1) is 8.79. The van der Waals surface area contributed by atoms with Crippen LogP contribution in [-0.2, 0) is 0 Å². The third-order valence-electron chi connectivity index (χ3n) is 3.47. The lowest BCUT2D eigenvalue weighted by Gasteiger charge is -2.26. The van der Waals surface area contributed by atoms with Crippen molar-refractivity contribution in [2.75, 3.05) is 25.0 Å². The van der Waals surface area contributed by atoms with Crippen LogP contribution in [0.1, 0.15) is 18.5 Å². The van der Waals surface area contributed by atoms with Crippen LogP contribution in [0.25, 0.3) is 5.78 Å². The van der Waals surface area contributed by atoms with E-state index in [4.69, 9.17) is 0 Å². The maximum Gasteiger partial charge on any atom is 0.254 e. The van der Waals surface area contributed by atoms with Crippen LogP contribution >= 0.6 is 0 Å². The van der Waals surface area contributed by atoms with Crippen LogP contribution in [0.3, 0.4) is 0 Å². The zero-order valence-corrected chi connectivity index (χ0v) is 10.8. The summed E-state index contributed by atoms with van der Waals surface area (Å²) >= 11 is 0. The molecule has 1 unspecified atom stereocenters. The van der Waals surface area contributed by atoms with Crippen LogP contribution in [0.15, 0.2) is 12.4 Å². The second-order valence-corrected chi connectivity index (χ2v) is 4.77. The molecule has 0 amide bonds. The minimum absolute atomic E-state index is 0.532. The second-order valence-electron chi connectivity index (χ2n) is 4.77. The van der Waals surface area contributed by atoms with Crippen molar-refractivity contribution >= 4 is 11.6 Å². The molecule has 96 valence electrons. The van der Waals surface area contributed by atoms with Gasteiger partial charge in [0.15, 0.2) is 0 Å². The Morgan fingerprint density at radius 1 is 1.50 bits per heavy atom. The van der Waals surface area contributed by atoms with Crippen molar-refractivity contribution in [1.82, 2.24) is 24.9 Å². The molecule has 0 aliphatic carbocycles. The summed E-state index contributed by atoms with van der Waals surface area (Å²) in [7, 11) is 2.00. The Labute approximate surface area is 106 Å². The van der Waals surface area contributed by atoms with Crippen molar-refractivity contribution in [3.63, 3.8) is 0 Å². The highest BCUT2D eigenvalue weighted by Crippen LogP contribution is 2.25. The minimum atomic E-state index is 0.532. The first-order valence-electron chi connectivity index (χ1n) is 6.38. The fraction of sp³-hybridized carbons (Fsp3) is 0.583. The van der Waals surface area contributed by atoms with Gasteiger partial charge in [0.2, 0.25) is 0 Å². The number of anilines is 1. The number of aromatic nitrogens is 4. The lowest BCUT2D eigenvalue weighted by Crippen LogP contribution is -2.38. The summed E-state index contributed by atoms with van der Waals surface area (Å²) < 4.78 is 1.83. The van der Waals surface area contributed by atoms with Gasteiger partial charge < -0.3 is 10.2 Å². The topological polar surface area (TPSA) is 58.3 Å². The van der Waals surface area contributed by atoms with Crippen molar-refractivity contribution in [3.05, 3.63) is 18.1 Å². The molecule has 1 aliphatic heterocycles. The molecule has 2 aromatic rings. The predicted molar refractivity (Wildman–Crippen MR) is 69.8 cm³/mol. The quantitative estimate of drug-likeness (QED) is 0.860. The monoisotopic (exact) mass is 246 g/mol. The van der Waals surface area contributed by atoms with E-state index in [0.29, 0.717) is 11.8 Å². The summed E-state index contributed by atoms with van der Waals surface area (Å²) in [5.41, 5.74) is 0.987. The molecule has 1 aliphatic rings. The van der Waals surface area contributed by atoms with Crippen molar-refractivity contribution in [1.29, 1.82) is 0 Å². The van der Waals surface area contributed by atoms with Crippen LogP contribution < -0.4 is 10.2 Å². The number of aryl methyl sites for hydroxylation is 1. The Kier molecular flexibility index (Phi) is 2.87. The van der Waals surface area contributed by atoms with Crippen LogP contribution in [-0.4, -0.2) is 45.8 Å². The maximum atomic E-state index is 4.39. The van der Waals surface area contributed by atoms with E-state index in [0.717, 1.165) is 24.6 Å². The summed E-state index contributed by atoms with van der Waals surface area (Å²) in [6.45, 7) is 4.07. The molecule has 18 heavy (non-hydrogen) atoms. The normalized spacial score (nSPS) is 19.9. The molecule has 0 radical (unpaired) electrons. The smallest absolute Gasteiger partial charge is 0.254 e. The number of likely N-dealkylation sites (N-methyl/N-ethyl adjacent to an activating group) is 1. The average Bonchev–Trinajstić information content (AvgIpc) is 2.96. The van der Waals surface area contributed by atoms with E-state index < -0.39 is 0 Å². The van der Waals surface area contributed by atoms with Gasteiger partial charge >= 0.3 is 0 Å². The lowest BCUT2D eigenvalue weighted by molar-refractivity contribution is 0.606. The van der Waals surface area contributed by atoms with Gasteiger partial charge in [-0.1, -0.05) is 0 Å². The molecule has 1 fully saturated rings. The summed E-state index contributed by atoms with van der Waals surface area (Å²) in [6.07, 6.45) is 4.01. The molecule has 2 aromatic heterocycles. The molecular formula is C12H18N6. The Morgan fingerprint density at radius 2 is 2.39 bits per heavy atom. The van der Waals surface area contributed by atoms with E-state index in [-0.39, 0.29) is 0 Å². The van der Waals surface area contributed by atoms with Gasteiger partial charge in [0, 0.05) is 30.9 Å². The Bertz CT molecular complexity index is 548. The highest BCUT2D eigenvalue weighted by Gasteiger charge is 2.26. The molecule has 3 heterocycles. The Hall–Kier alpha value is -1.69. The summed E-state index contributed by atoms with van der Waals surface area (Å²) in [5.74, 6) is 1.79. The van der Waals surface area contributed by atoms with Gasteiger partial charge in [-0.2, -0.15) is 14.6 Å². The van der Waals surface area contributed by atoms with Crippen molar-refractivity contribution < 1.29 is 0 Å². The average molecular weight is 246 g/mol. The first kappa shape index (κ1) is 11.4. The lowest BCUT2D eigenvalue weighted by atomic mass is 10.2. The Balaban J connectivity index is 2.04. The van der Waals surface area contributed by atoms with Crippen LogP contribution in [0.4, 0.5) is 5.82 Å². The van der Waals surface area contributed by atoms with E-state index in [1.54, 1.807) is 6.33 Å². The second kappa shape index (κ2) is 4.53. The van der Waals surface area contributed by atoms with Crippen molar-refractivity contribution in [3.8, 4) is 0 Å². The van der Waals surface area contributed by atoms with Crippen LogP contribution in [0, 0.1) is 6.92 Å². The number of hydrogen-bond donors (Lipinski definition) is 1. The minimum Gasteiger partial charge on any atom is -0.352 e. The first-order valence-corrected chi connectivity index (χ1v) is 6.38. The van der Waals surface area contributed by atoms with Gasteiger partial charge in [0.05, 0.1) is 0 Å². The van der Waals surface area contributed by atoms with E-state index in [1.165, 1.54) is 12.8 Å². The third-order valence-corrected chi connectivity index (χ3v) is 3.47. The van der Waals surface area contributed by atoms with Crippen LogP contribution in [0.5, 0.6) is 0 Å². The number of fused-ring (bicyclic) bond motifs is 1. The van der Waals surface area contributed by atoms with Gasteiger partial charge in [-0.25, -0.2) is 4.98 Å². The molecule has 1 atom stereocenters. The van der Waals surface area contributed by atoms with E-state index in [2.05, 4.69) is 31.3 Å². The molecule has 0 spiro atoms. The van der Waals surface area contributed by atoms with Crippen molar-refractivity contribution in [2.45, 2.75) is 25.8 Å². The summed E-state index contributed by atoms with van der Waals surface area (Å²) in [6, 6.07) is 2.62. The molecule has 3 rings (SSSR count).